The predicted molar refractivity (Wildman–Crippen MR) is 82.9 cm³/mol. The van der Waals surface area contributed by atoms with E-state index in [0.717, 1.165) is 11.3 Å². The molecular weight excluding hydrogens is 297 g/mol. The number of aromatic nitrogens is 1. The summed E-state index contributed by atoms with van der Waals surface area (Å²) < 4.78 is 0. The smallest absolute Gasteiger partial charge is 0.274 e. The van der Waals surface area contributed by atoms with Gasteiger partial charge >= 0.3 is 0 Å². The summed E-state index contributed by atoms with van der Waals surface area (Å²) in [5.74, 6) is -0.344. The van der Waals surface area contributed by atoms with Crippen LogP contribution in [0.5, 0.6) is 0 Å². The first kappa shape index (κ1) is 14.6. The average molecular weight is 310 g/mol. The summed E-state index contributed by atoms with van der Waals surface area (Å²) in [5, 5.41) is 6.63. The van der Waals surface area contributed by atoms with Gasteiger partial charge in [0.05, 0.1) is 10.7 Å². The number of benzene rings is 1. The van der Waals surface area contributed by atoms with Gasteiger partial charge in [0.2, 0.25) is 0 Å². The van der Waals surface area contributed by atoms with Crippen molar-refractivity contribution >= 4 is 40.5 Å². The molecule has 0 saturated carbocycles. The maximum Gasteiger partial charge on any atom is 0.274 e. The molecule has 2 aromatic rings. The van der Waals surface area contributed by atoms with Gasteiger partial charge in [-0.1, -0.05) is 23.2 Å². The normalized spacial score (nSPS) is 10.2. The van der Waals surface area contributed by atoms with E-state index in [1.54, 1.807) is 37.5 Å². The molecule has 20 heavy (non-hydrogen) atoms. The zero-order chi connectivity index (χ0) is 14.7. The van der Waals surface area contributed by atoms with E-state index >= 15 is 0 Å². The molecule has 0 bridgehead atoms. The average Bonchev–Trinajstić information content (AvgIpc) is 2.44. The van der Waals surface area contributed by atoms with E-state index in [1.807, 2.05) is 6.92 Å². The number of anilines is 2. The Balaban J connectivity index is 2.25. The Hall–Kier alpha value is -1.78. The maximum atomic E-state index is 12.1. The largest absolute Gasteiger partial charge is 0.388 e. The van der Waals surface area contributed by atoms with E-state index < -0.39 is 0 Å². The molecule has 0 unspecified atom stereocenters. The Labute approximate surface area is 127 Å². The highest BCUT2D eigenvalue weighted by Crippen LogP contribution is 2.29. The minimum Gasteiger partial charge on any atom is -0.388 e. The van der Waals surface area contributed by atoms with Crippen LogP contribution in [0.4, 0.5) is 11.4 Å². The van der Waals surface area contributed by atoms with Crippen molar-refractivity contribution in [1.82, 2.24) is 4.98 Å². The fourth-order valence-electron chi connectivity index (χ4n) is 1.64. The molecule has 0 fully saturated rings. The second-order valence-electron chi connectivity index (χ2n) is 4.22. The van der Waals surface area contributed by atoms with Gasteiger partial charge in [0, 0.05) is 24.0 Å². The molecule has 1 amide bonds. The first-order valence-corrected chi connectivity index (χ1v) is 6.67. The molecule has 0 saturated heterocycles. The lowest BCUT2D eigenvalue weighted by Gasteiger charge is -2.09. The molecule has 2 N–H and O–H groups in total. The number of nitrogens with one attached hydrogen (secondary N) is 2. The molecule has 104 valence electrons. The number of rotatable bonds is 3. The van der Waals surface area contributed by atoms with Crippen molar-refractivity contribution in [2.24, 2.45) is 0 Å². The lowest BCUT2D eigenvalue weighted by molar-refractivity contribution is 0.102. The molecular formula is C14H13Cl2N3O. The van der Waals surface area contributed by atoms with Crippen molar-refractivity contribution in [3.8, 4) is 0 Å². The minimum absolute atomic E-state index is 0.296. The third-order valence-electron chi connectivity index (χ3n) is 2.78. The van der Waals surface area contributed by atoms with Crippen LogP contribution in [0.15, 0.2) is 30.5 Å². The van der Waals surface area contributed by atoms with Gasteiger partial charge in [-0.25, -0.2) is 0 Å². The van der Waals surface area contributed by atoms with Gasteiger partial charge < -0.3 is 10.6 Å². The number of carbonyl (C=O) groups is 1. The summed E-state index contributed by atoms with van der Waals surface area (Å²) in [5.41, 5.74) is 2.41. The summed E-state index contributed by atoms with van der Waals surface area (Å²) >= 11 is 12.1. The van der Waals surface area contributed by atoms with Crippen LogP contribution in [0.2, 0.25) is 10.0 Å². The van der Waals surface area contributed by atoms with Gasteiger partial charge in [-0.05, 0) is 36.8 Å². The Morgan fingerprint density at radius 3 is 2.65 bits per heavy atom. The third-order valence-corrected chi connectivity index (χ3v) is 3.50. The second-order valence-corrected chi connectivity index (χ2v) is 5.03. The Morgan fingerprint density at radius 2 is 1.95 bits per heavy atom. The molecule has 4 nitrogen and oxygen atoms in total. The Morgan fingerprint density at radius 1 is 1.20 bits per heavy atom. The van der Waals surface area contributed by atoms with Crippen LogP contribution in [0.25, 0.3) is 0 Å². The fraction of sp³-hybridized carbons (Fsp3) is 0.143. The monoisotopic (exact) mass is 309 g/mol. The van der Waals surface area contributed by atoms with Crippen molar-refractivity contribution in [2.75, 3.05) is 17.7 Å². The summed E-state index contributed by atoms with van der Waals surface area (Å²) in [6.45, 7) is 1.85. The molecule has 6 heteroatoms. The van der Waals surface area contributed by atoms with E-state index in [2.05, 4.69) is 15.6 Å². The number of nitrogens with zero attached hydrogens (tertiary/aromatic N) is 1. The molecule has 0 radical (unpaired) electrons. The highest BCUT2D eigenvalue weighted by atomic mass is 35.5. The van der Waals surface area contributed by atoms with Gasteiger partial charge in [-0.15, -0.1) is 0 Å². The zero-order valence-electron chi connectivity index (χ0n) is 11.0. The predicted octanol–water partition coefficient (Wildman–Crippen LogP) is 3.99. The van der Waals surface area contributed by atoms with Gasteiger partial charge in [0.25, 0.3) is 5.91 Å². The molecule has 1 aromatic carbocycles. The summed E-state index contributed by atoms with van der Waals surface area (Å²) in [6, 6.07) is 6.75. The fourth-order valence-corrected chi connectivity index (χ4v) is 2.07. The Kier molecular flexibility index (Phi) is 4.47. The van der Waals surface area contributed by atoms with Crippen LogP contribution in [0.1, 0.15) is 16.1 Å². The van der Waals surface area contributed by atoms with Crippen molar-refractivity contribution in [2.45, 2.75) is 6.92 Å². The van der Waals surface area contributed by atoms with E-state index in [1.165, 1.54) is 0 Å². The van der Waals surface area contributed by atoms with Crippen LogP contribution < -0.4 is 10.6 Å². The number of amides is 1. The zero-order valence-corrected chi connectivity index (χ0v) is 12.5. The van der Waals surface area contributed by atoms with Crippen molar-refractivity contribution in [3.05, 3.63) is 51.8 Å². The van der Waals surface area contributed by atoms with Crippen LogP contribution in [0.3, 0.4) is 0 Å². The third kappa shape index (κ3) is 3.21. The van der Waals surface area contributed by atoms with Crippen molar-refractivity contribution in [3.63, 3.8) is 0 Å². The standard InChI is InChI=1S/C14H13Cl2N3O/c1-8-5-11(16)12(7-10(8)15)19-14(20)13-6-9(17-2)3-4-18-13/h3-7H,1-2H3,(H,17,18)(H,19,20). The topological polar surface area (TPSA) is 54.0 Å². The van der Waals surface area contributed by atoms with Crippen LogP contribution in [0, 0.1) is 6.92 Å². The van der Waals surface area contributed by atoms with Gasteiger partial charge in [-0.2, -0.15) is 0 Å². The first-order chi connectivity index (χ1) is 9.51. The molecule has 1 heterocycles. The highest BCUT2D eigenvalue weighted by molar-refractivity contribution is 6.36. The number of hydrogen-bond donors (Lipinski definition) is 2. The van der Waals surface area contributed by atoms with E-state index in [4.69, 9.17) is 23.2 Å². The van der Waals surface area contributed by atoms with Crippen molar-refractivity contribution < 1.29 is 4.79 Å². The van der Waals surface area contributed by atoms with E-state index in [9.17, 15) is 4.79 Å². The number of aryl methyl sites for hydroxylation is 1. The highest BCUT2D eigenvalue weighted by Gasteiger charge is 2.11. The van der Waals surface area contributed by atoms with Crippen LogP contribution in [-0.4, -0.2) is 17.9 Å². The van der Waals surface area contributed by atoms with Crippen LogP contribution in [-0.2, 0) is 0 Å². The molecule has 0 spiro atoms. The number of carbonyl (C=O) groups excluding carboxylic acids is 1. The lowest BCUT2D eigenvalue weighted by atomic mass is 10.2. The molecule has 2 rings (SSSR count). The first-order valence-electron chi connectivity index (χ1n) is 5.92. The summed E-state index contributed by atoms with van der Waals surface area (Å²) in [7, 11) is 1.77. The number of hydrogen-bond acceptors (Lipinski definition) is 3. The van der Waals surface area contributed by atoms with E-state index in [0.29, 0.717) is 21.4 Å². The van der Waals surface area contributed by atoms with E-state index in [-0.39, 0.29) is 5.91 Å². The summed E-state index contributed by atoms with van der Waals surface area (Å²) in [4.78, 5) is 16.2. The van der Waals surface area contributed by atoms with Gasteiger partial charge in [0.1, 0.15) is 5.69 Å². The van der Waals surface area contributed by atoms with Gasteiger partial charge in [0.15, 0.2) is 0 Å². The number of halogens is 2. The van der Waals surface area contributed by atoms with Crippen molar-refractivity contribution in [1.29, 1.82) is 0 Å². The number of pyridine rings is 1. The van der Waals surface area contributed by atoms with Crippen LogP contribution >= 0.6 is 23.2 Å². The summed E-state index contributed by atoms with van der Waals surface area (Å²) in [6.07, 6.45) is 1.56. The minimum atomic E-state index is -0.344. The van der Waals surface area contributed by atoms with Gasteiger partial charge in [-0.3, -0.25) is 9.78 Å². The molecule has 0 atom stereocenters. The molecule has 0 aliphatic rings. The SMILES string of the molecule is CNc1ccnc(C(=O)Nc2cc(Cl)c(C)cc2Cl)c1. The maximum absolute atomic E-state index is 12.1. The Bertz CT molecular complexity index is 659. The molecule has 1 aromatic heterocycles. The lowest BCUT2D eigenvalue weighted by Crippen LogP contribution is -2.14. The quantitative estimate of drug-likeness (QED) is 0.901. The molecule has 0 aliphatic heterocycles. The second kappa shape index (κ2) is 6.11. The molecule has 0 aliphatic carbocycles.